The van der Waals surface area contributed by atoms with Crippen LogP contribution in [0.3, 0.4) is 0 Å². The summed E-state index contributed by atoms with van der Waals surface area (Å²) >= 11 is 1.55. The van der Waals surface area contributed by atoms with E-state index in [-0.39, 0.29) is 18.4 Å². The predicted molar refractivity (Wildman–Crippen MR) is 138 cm³/mol. The lowest BCUT2D eigenvalue weighted by atomic mass is 10.0. The fraction of sp³-hybridized carbons (Fsp3) is 0.440. The second-order valence-electron chi connectivity index (χ2n) is 8.93. The molecule has 1 aromatic carbocycles. The molecule has 2 heterocycles. The maximum absolute atomic E-state index is 13.5. The van der Waals surface area contributed by atoms with Gasteiger partial charge in [-0.15, -0.1) is 11.8 Å². The maximum Gasteiger partial charge on any atom is 0.328 e. The molecule has 0 aliphatic carbocycles. The van der Waals surface area contributed by atoms with Gasteiger partial charge in [0.15, 0.2) is 0 Å². The number of benzene rings is 1. The van der Waals surface area contributed by atoms with Crippen LogP contribution in [0.4, 0.5) is 10.5 Å². The third kappa shape index (κ3) is 6.20. The van der Waals surface area contributed by atoms with Gasteiger partial charge < -0.3 is 30.2 Å². The number of esters is 1. The number of amides is 4. The molecule has 1 aliphatic rings. The van der Waals surface area contributed by atoms with Crippen LogP contribution in [-0.4, -0.2) is 71.3 Å². The van der Waals surface area contributed by atoms with Crippen LogP contribution in [0.15, 0.2) is 47.5 Å². The van der Waals surface area contributed by atoms with Crippen LogP contribution in [-0.2, 0) is 21.4 Å². The minimum atomic E-state index is -1.01. The number of likely N-dealkylation sites (tertiary alicyclic amines) is 1. The number of ether oxygens (including phenoxy) is 1. The SMILES string of the molecule is COC(=O)[C@H](NC(=O)[C@H]1[C@@H](NC(=O)Nc2cccc(SC)c2)CCN1C(=O)c1cccn1C)C(C)C. The molecule has 0 saturated carbocycles. The fourth-order valence-corrected chi connectivity index (χ4v) is 4.69. The number of thioether (sulfide) groups is 1. The number of urea groups is 1. The summed E-state index contributed by atoms with van der Waals surface area (Å²) in [6.45, 7) is 3.84. The third-order valence-electron chi connectivity index (χ3n) is 6.15. The Morgan fingerprint density at radius 1 is 1.14 bits per heavy atom. The lowest BCUT2D eigenvalue weighted by Gasteiger charge is -2.30. The quantitative estimate of drug-likeness (QED) is 0.367. The topological polar surface area (TPSA) is 122 Å². The van der Waals surface area contributed by atoms with Crippen molar-refractivity contribution >= 4 is 41.3 Å². The van der Waals surface area contributed by atoms with Crippen molar-refractivity contribution in [2.45, 2.75) is 43.3 Å². The molecule has 0 radical (unpaired) electrons. The smallest absolute Gasteiger partial charge is 0.328 e. The van der Waals surface area contributed by atoms with E-state index < -0.39 is 36.0 Å². The molecule has 3 rings (SSSR count). The number of nitrogens with zero attached hydrogens (tertiary/aromatic N) is 2. The Bertz CT molecular complexity index is 1120. The molecular formula is C25H33N5O5S. The van der Waals surface area contributed by atoms with Gasteiger partial charge in [-0.1, -0.05) is 19.9 Å². The molecule has 10 nitrogen and oxygen atoms in total. The Labute approximate surface area is 215 Å². The standard InChI is InChI=1S/C25H33N5O5S/c1-15(2)20(24(33)35-4)28-22(31)21-18(11-13-30(21)23(32)19-10-7-12-29(19)3)27-25(34)26-16-8-6-9-17(14-16)36-5/h6-10,12,14-15,18,20-21H,11,13H2,1-5H3,(H,28,31)(H2,26,27,34)/t18-,20+,21+/m0/s1. The van der Waals surface area contributed by atoms with Gasteiger partial charge in [0.1, 0.15) is 17.8 Å². The van der Waals surface area contributed by atoms with Gasteiger partial charge in [0.2, 0.25) is 5.91 Å². The largest absolute Gasteiger partial charge is 0.467 e. The number of aromatic nitrogens is 1. The van der Waals surface area contributed by atoms with Gasteiger partial charge in [-0.3, -0.25) is 9.59 Å². The molecule has 11 heteroatoms. The van der Waals surface area contributed by atoms with Gasteiger partial charge in [0.25, 0.3) is 5.91 Å². The molecule has 0 spiro atoms. The second kappa shape index (κ2) is 12.0. The molecule has 1 saturated heterocycles. The van der Waals surface area contributed by atoms with Crippen molar-refractivity contribution in [3.8, 4) is 0 Å². The van der Waals surface area contributed by atoms with Gasteiger partial charge >= 0.3 is 12.0 Å². The van der Waals surface area contributed by atoms with Gasteiger partial charge in [0.05, 0.1) is 13.2 Å². The molecular weight excluding hydrogens is 482 g/mol. The number of carbonyl (C=O) groups excluding carboxylic acids is 4. The Morgan fingerprint density at radius 3 is 2.50 bits per heavy atom. The van der Waals surface area contributed by atoms with Crippen molar-refractivity contribution in [2.75, 3.05) is 25.2 Å². The Balaban J connectivity index is 1.83. The molecule has 3 N–H and O–H groups in total. The molecule has 1 fully saturated rings. The molecule has 2 aromatic rings. The zero-order valence-electron chi connectivity index (χ0n) is 21.1. The molecule has 0 bridgehead atoms. The highest BCUT2D eigenvalue weighted by molar-refractivity contribution is 7.98. The van der Waals surface area contributed by atoms with Crippen molar-refractivity contribution in [3.63, 3.8) is 0 Å². The number of nitrogens with one attached hydrogen (secondary N) is 3. The highest BCUT2D eigenvalue weighted by Gasteiger charge is 2.44. The van der Waals surface area contributed by atoms with E-state index in [9.17, 15) is 19.2 Å². The number of hydrogen-bond donors (Lipinski definition) is 3. The maximum atomic E-state index is 13.5. The second-order valence-corrected chi connectivity index (χ2v) is 9.81. The van der Waals surface area contributed by atoms with Crippen molar-refractivity contribution < 1.29 is 23.9 Å². The minimum Gasteiger partial charge on any atom is -0.467 e. The van der Waals surface area contributed by atoms with E-state index in [1.807, 2.05) is 24.5 Å². The Kier molecular flexibility index (Phi) is 9.03. The van der Waals surface area contributed by atoms with Crippen LogP contribution in [0.25, 0.3) is 0 Å². The molecule has 1 aliphatic heterocycles. The molecule has 0 unspecified atom stereocenters. The monoisotopic (exact) mass is 515 g/mol. The number of aryl methyl sites for hydroxylation is 1. The van der Waals surface area contributed by atoms with Gasteiger partial charge in [-0.05, 0) is 48.9 Å². The lowest BCUT2D eigenvalue weighted by molar-refractivity contribution is -0.146. The predicted octanol–water partition coefficient (Wildman–Crippen LogP) is 2.47. The van der Waals surface area contributed by atoms with E-state index in [2.05, 4.69) is 16.0 Å². The average molecular weight is 516 g/mol. The van der Waals surface area contributed by atoms with Crippen LogP contribution < -0.4 is 16.0 Å². The van der Waals surface area contributed by atoms with E-state index in [0.29, 0.717) is 17.8 Å². The van der Waals surface area contributed by atoms with Gasteiger partial charge in [0, 0.05) is 30.4 Å². The van der Waals surface area contributed by atoms with Crippen LogP contribution in [0.2, 0.25) is 0 Å². The minimum absolute atomic E-state index is 0.238. The first-order valence-corrected chi connectivity index (χ1v) is 12.9. The van der Waals surface area contributed by atoms with E-state index >= 15 is 0 Å². The summed E-state index contributed by atoms with van der Waals surface area (Å²) in [5.74, 6) is -1.68. The van der Waals surface area contributed by atoms with Gasteiger partial charge in [-0.25, -0.2) is 9.59 Å². The summed E-state index contributed by atoms with van der Waals surface area (Å²) in [6.07, 6.45) is 4.06. The Hall–Kier alpha value is -3.47. The number of carbonyl (C=O) groups is 4. The van der Waals surface area contributed by atoms with Crippen LogP contribution in [0, 0.1) is 5.92 Å². The van der Waals surface area contributed by atoms with Crippen LogP contribution in [0.1, 0.15) is 30.8 Å². The Morgan fingerprint density at radius 2 is 1.89 bits per heavy atom. The summed E-state index contributed by atoms with van der Waals surface area (Å²) in [4.78, 5) is 54.4. The van der Waals surface area contributed by atoms with Crippen LogP contribution >= 0.6 is 11.8 Å². The zero-order valence-corrected chi connectivity index (χ0v) is 21.9. The van der Waals surface area contributed by atoms with Crippen molar-refractivity contribution in [1.82, 2.24) is 20.1 Å². The first-order chi connectivity index (χ1) is 17.2. The fourth-order valence-electron chi connectivity index (χ4n) is 4.23. The molecule has 1 aromatic heterocycles. The third-order valence-corrected chi connectivity index (χ3v) is 6.88. The van der Waals surface area contributed by atoms with E-state index in [0.717, 1.165) is 4.90 Å². The molecule has 194 valence electrons. The summed E-state index contributed by atoms with van der Waals surface area (Å²) in [5, 5.41) is 8.38. The van der Waals surface area contributed by atoms with Gasteiger partial charge in [-0.2, -0.15) is 0 Å². The lowest BCUT2D eigenvalue weighted by Crippen LogP contribution is -2.58. The van der Waals surface area contributed by atoms with E-state index in [1.165, 1.54) is 12.0 Å². The summed E-state index contributed by atoms with van der Waals surface area (Å²) in [7, 11) is 3.00. The normalized spacial score (nSPS) is 18.0. The first kappa shape index (κ1) is 27.1. The number of anilines is 1. The first-order valence-electron chi connectivity index (χ1n) is 11.7. The highest BCUT2D eigenvalue weighted by atomic mass is 32.2. The number of methoxy groups -OCH3 is 1. The van der Waals surface area contributed by atoms with Crippen molar-refractivity contribution in [3.05, 3.63) is 48.3 Å². The summed E-state index contributed by atoms with van der Waals surface area (Å²) in [5.41, 5.74) is 1.03. The summed E-state index contributed by atoms with van der Waals surface area (Å²) < 4.78 is 6.52. The van der Waals surface area contributed by atoms with Crippen molar-refractivity contribution in [2.24, 2.45) is 13.0 Å². The highest BCUT2D eigenvalue weighted by Crippen LogP contribution is 2.23. The summed E-state index contributed by atoms with van der Waals surface area (Å²) in [6, 6.07) is 7.76. The zero-order chi connectivity index (χ0) is 26.4. The number of hydrogen-bond acceptors (Lipinski definition) is 6. The van der Waals surface area contributed by atoms with Crippen molar-refractivity contribution in [1.29, 1.82) is 0 Å². The molecule has 4 amide bonds. The van der Waals surface area contributed by atoms with E-state index in [1.54, 1.807) is 61.6 Å². The molecule has 36 heavy (non-hydrogen) atoms. The van der Waals surface area contributed by atoms with Crippen LogP contribution in [0.5, 0.6) is 0 Å². The average Bonchev–Trinajstić information content (AvgIpc) is 3.47. The molecule has 3 atom stereocenters. The number of rotatable bonds is 8. The van der Waals surface area contributed by atoms with E-state index in [4.69, 9.17) is 4.74 Å².